The minimum Gasteiger partial charge on any atom is -0.444 e. The van der Waals surface area contributed by atoms with Crippen molar-refractivity contribution in [2.75, 3.05) is 0 Å². The molecule has 2 rings (SSSR count). The van der Waals surface area contributed by atoms with Crippen LogP contribution in [0.5, 0.6) is 0 Å². The summed E-state index contributed by atoms with van der Waals surface area (Å²) in [5, 5.41) is 7.63. The molecule has 3 N–H and O–H groups in total. The van der Waals surface area contributed by atoms with Crippen LogP contribution in [-0.4, -0.2) is 46.7 Å². The van der Waals surface area contributed by atoms with Crippen molar-refractivity contribution in [3.8, 4) is 0 Å². The molecule has 0 spiro atoms. The molecule has 3 atom stereocenters. The Hall–Kier alpha value is -3.33. The van der Waals surface area contributed by atoms with Gasteiger partial charge in [-0.1, -0.05) is 72.4 Å². The molecule has 9 heteroatoms. The van der Waals surface area contributed by atoms with Crippen LogP contribution < -0.4 is 16.0 Å². The van der Waals surface area contributed by atoms with E-state index in [0.29, 0.717) is 12.2 Å². The number of benzene rings is 2. The van der Waals surface area contributed by atoms with E-state index in [-0.39, 0.29) is 5.12 Å². The van der Waals surface area contributed by atoms with Gasteiger partial charge in [0.25, 0.3) is 0 Å². The highest BCUT2D eigenvalue weighted by molar-refractivity contribution is 8.13. The Kier molecular flexibility index (Phi) is 11.0. The zero-order valence-electron chi connectivity index (χ0n) is 21.4. The molecular formula is C27H35N3O5S. The van der Waals surface area contributed by atoms with Gasteiger partial charge in [-0.25, -0.2) is 4.79 Å². The van der Waals surface area contributed by atoms with E-state index >= 15 is 0 Å². The second-order valence-electron chi connectivity index (χ2n) is 9.44. The normalized spacial score (nSPS) is 13.6. The minimum atomic E-state index is -0.925. The molecular weight excluding hydrogens is 478 g/mol. The van der Waals surface area contributed by atoms with Gasteiger partial charge in [0, 0.05) is 12.2 Å². The number of thioether (sulfide) groups is 1. The number of carbonyl (C=O) groups is 4. The van der Waals surface area contributed by atoms with Crippen molar-refractivity contribution in [2.24, 2.45) is 0 Å². The quantitative estimate of drug-likeness (QED) is 0.447. The molecule has 0 aliphatic rings. The van der Waals surface area contributed by atoms with E-state index in [2.05, 4.69) is 16.0 Å². The first-order valence-electron chi connectivity index (χ1n) is 11.8. The third-order valence-corrected chi connectivity index (χ3v) is 6.03. The molecule has 0 saturated heterocycles. The van der Waals surface area contributed by atoms with Crippen LogP contribution >= 0.6 is 11.8 Å². The van der Waals surface area contributed by atoms with E-state index < -0.39 is 41.6 Å². The van der Waals surface area contributed by atoms with Crippen LogP contribution in [0.1, 0.15) is 45.7 Å². The van der Waals surface area contributed by atoms with Gasteiger partial charge >= 0.3 is 6.09 Å². The Balaban J connectivity index is 1.98. The van der Waals surface area contributed by atoms with Crippen molar-refractivity contribution in [3.05, 3.63) is 71.8 Å². The van der Waals surface area contributed by atoms with Crippen LogP contribution in [-0.2, 0) is 31.3 Å². The number of hydrogen-bond acceptors (Lipinski definition) is 6. The summed E-state index contributed by atoms with van der Waals surface area (Å²) in [6, 6.07) is 16.4. The van der Waals surface area contributed by atoms with E-state index in [1.54, 1.807) is 20.8 Å². The van der Waals surface area contributed by atoms with Crippen LogP contribution in [0.15, 0.2) is 60.7 Å². The SMILES string of the molecule is CC(NC(=O)OC(C)(C)C)C(=O)NC(C)C(=O)NC(Cc1ccccc1)C(=O)SCc1ccccc1. The fourth-order valence-electron chi connectivity index (χ4n) is 3.12. The summed E-state index contributed by atoms with van der Waals surface area (Å²) in [6.07, 6.45) is -0.406. The average molecular weight is 514 g/mol. The average Bonchev–Trinajstić information content (AvgIpc) is 2.82. The molecule has 0 radical (unpaired) electrons. The van der Waals surface area contributed by atoms with E-state index in [1.807, 2.05) is 60.7 Å². The lowest BCUT2D eigenvalue weighted by molar-refractivity contribution is -0.130. The van der Waals surface area contributed by atoms with Gasteiger partial charge in [-0.2, -0.15) is 0 Å². The van der Waals surface area contributed by atoms with Crippen molar-refractivity contribution in [1.82, 2.24) is 16.0 Å². The molecule has 2 aromatic rings. The maximum absolute atomic E-state index is 13.0. The van der Waals surface area contributed by atoms with Gasteiger partial charge in [0.05, 0.1) is 0 Å². The largest absolute Gasteiger partial charge is 0.444 e. The van der Waals surface area contributed by atoms with E-state index in [1.165, 1.54) is 13.8 Å². The lowest BCUT2D eigenvalue weighted by atomic mass is 10.1. The maximum Gasteiger partial charge on any atom is 0.408 e. The van der Waals surface area contributed by atoms with Crippen molar-refractivity contribution >= 4 is 34.8 Å². The molecule has 194 valence electrons. The highest BCUT2D eigenvalue weighted by Gasteiger charge is 2.27. The first-order chi connectivity index (χ1) is 16.9. The second-order valence-corrected chi connectivity index (χ2v) is 10.4. The lowest BCUT2D eigenvalue weighted by Crippen LogP contribution is -2.54. The standard InChI is InChI=1S/C27H35N3O5S/c1-18(28-23(31)19(2)29-26(34)35-27(3,4)5)24(32)30-22(16-20-12-8-6-9-13-20)25(33)36-17-21-14-10-7-11-15-21/h6-15,18-19,22H,16-17H2,1-5H3,(H,28,31)(H,29,34)(H,30,32). The monoisotopic (exact) mass is 513 g/mol. The van der Waals surface area contributed by atoms with Gasteiger partial charge in [-0.05, 0) is 45.7 Å². The van der Waals surface area contributed by atoms with Crippen LogP contribution in [0.3, 0.4) is 0 Å². The lowest BCUT2D eigenvalue weighted by Gasteiger charge is -2.23. The third kappa shape index (κ3) is 10.5. The zero-order valence-corrected chi connectivity index (χ0v) is 22.2. The molecule has 0 aliphatic carbocycles. The number of alkyl carbamates (subject to hydrolysis) is 1. The predicted molar refractivity (Wildman–Crippen MR) is 141 cm³/mol. The van der Waals surface area contributed by atoms with Gasteiger partial charge in [-0.3, -0.25) is 14.4 Å². The molecule has 0 aromatic heterocycles. The van der Waals surface area contributed by atoms with Gasteiger partial charge in [0.2, 0.25) is 16.9 Å². The van der Waals surface area contributed by atoms with Gasteiger partial charge in [0.15, 0.2) is 0 Å². The molecule has 3 amide bonds. The van der Waals surface area contributed by atoms with Crippen LogP contribution in [0.4, 0.5) is 4.79 Å². The third-order valence-electron chi connectivity index (χ3n) is 4.99. The van der Waals surface area contributed by atoms with E-state index in [9.17, 15) is 19.2 Å². The van der Waals surface area contributed by atoms with Gasteiger partial charge in [-0.15, -0.1) is 0 Å². The molecule has 0 bridgehead atoms. The van der Waals surface area contributed by atoms with Crippen LogP contribution in [0.2, 0.25) is 0 Å². The van der Waals surface area contributed by atoms with Crippen molar-refractivity contribution in [1.29, 1.82) is 0 Å². The molecule has 36 heavy (non-hydrogen) atoms. The smallest absolute Gasteiger partial charge is 0.408 e. The maximum atomic E-state index is 13.0. The first-order valence-corrected chi connectivity index (χ1v) is 12.8. The molecule has 3 unspecified atom stereocenters. The topological polar surface area (TPSA) is 114 Å². The van der Waals surface area contributed by atoms with E-state index in [0.717, 1.165) is 22.9 Å². The van der Waals surface area contributed by atoms with Crippen molar-refractivity contribution in [2.45, 2.75) is 70.5 Å². The first kappa shape index (κ1) is 28.9. The number of ether oxygens (including phenoxy) is 1. The molecule has 2 aromatic carbocycles. The fourth-order valence-corrected chi connectivity index (χ4v) is 3.97. The molecule has 0 saturated carbocycles. The summed E-state index contributed by atoms with van der Waals surface area (Å²) in [5.41, 5.74) is 1.21. The van der Waals surface area contributed by atoms with Crippen molar-refractivity contribution < 1.29 is 23.9 Å². The Morgan fingerprint density at radius 3 is 1.83 bits per heavy atom. The van der Waals surface area contributed by atoms with Crippen molar-refractivity contribution in [3.63, 3.8) is 0 Å². The Labute approximate surface area is 216 Å². The molecule has 8 nitrogen and oxygen atoms in total. The van der Waals surface area contributed by atoms with Crippen LogP contribution in [0, 0.1) is 0 Å². The number of rotatable bonds is 10. The molecule has 0 aliphatic heterocycles. The fraction of sp³-hybridized carbons (Fsp3) is 0.407. The van der Waals surface area contributed by atoms with Gasteiger partial charge in [0.1, 0.15) is 23.7 Å². The Morgan fingerprint density at radius 1 is 0.778 bits per heavy atom. The summed E-state index contributed by atoms with van der Waals surface area (Å²) in [4.78, 5) is 50.4. The highest BCUT2D eigenvalue weighted by Crippen LogP contribution is 2.17. The van der Waals surface area contributed by atoms with Crippen LogP contribution in [0.25, 0.3) is 0 Å². The predicted octanol–water partition coefficient (Wildman–Crippen LogP) is 3.59. The number of hydrogen-bond donors (Lipinski definition) is 3. The Bertz CT molecular complexity index is 1020. The molecule has 0 fully saturated rings. The number of carbonyl (C=O) groups excluding carboxylic acids is 4. The van der Waals surface area contributed by atoms with Gasteiger partial charge < -0.3 is 20.7 Å². The number of amides is 3. The summed E-state index contributed by atoms with van der Waals surface area (Å²) in [5.74, 6) is -0.559. The highest BCUT2D eigenvalue weighted by atomic mass is 32.2. The second kappa shape index (κ2) is 13.7. The zero-order chi connectivity index (χ0) is 26.7. The minimum absolute atomic E-state index is 0.172. The van der Waals surface area contributed by atoms with E-state index in [4.69, 9.17) is 4.74 Å². The molecule has 0 heterocycles. The summed E-state index contributed by atoms with van der Waals surface area (Å²) in [7, 11) is 0. The summed E-state index contributed by atoms with van der Waals surface area (Å²) < 4.78 is 5.15. The summed E-state index contributed by atoms with van der Waals surface area (Å²) in [6.45, 7) is 8.17. The summed E-state index contributed by atoms with van der Waals surface area (Å²) >= 11 is 1.14. The number of nitrogens with one attached hydrogen (secondary N) is 3. The Morgan fingerprint density at radius 2 is 1.28 bits per heavy atom.